The molecule has 3 rings (SSSR count). The molecule has 0 aliphatic carbocycles. The second kappa shape index (κ2) is 10.7. The maximum atomic E-state index is 13.2. The Balaban J connectivity index is 2.10. The molecule has 0 spiro atoms. The normalized spacial score (nSPS) is 13.2. The summed E-state index contributed by atoms with van der Waals surface area (Å²) in [7, 11) is 0. The minimum Gasteiger partial charge on any atom is -0.481 e. The fourth-order valence-electron chi connectivity index (χ4n) is 3.74. The van der Waals surface area contributed by atoms with Crippen LogP contribution in [0.25, 0.3) is 10.4 Å². The van der Waals surface area contributed by atoms with Crippen LogP contribution in [-0.2, 0) is 10.2 Å². The number of allylic oxidation sites excluding steroid dienone is 2. The lowest BCUT2D eigenvalue weighted by Crippen LogP contribution is -2.34. The number of carboxylic acids is 1. The van der Waals surface area contributed by atoms with Gasteiger partial charge in [-0.15, -0.1) is 11.3 Å². The maximum Gasteiger partial charge on any atom is 0.430 e. The summed E-state index contributed by atoms with van der Waals surface area (Å²) in [5.41, 5.74) is 4.76. The number of hydrogen-bond donors (Lipinski definition) is 2. The zero-order valence-corrected chi connectivity index (χ0v) is 20.6. The highest BCUT2D eigenvalue weighted by Crippen LogP contribution is 2.37. The van der Waals surface area contributed by atoms with Gasteiger partial charge in [-0.25, -0.2) is 4.99 Å². The summed E-state index contributed by atoms with van der Waals surface area (Å²) in [6, 6.07) is 17.2. The molecule has 35 heavy (non-hydrogen) atoms. The van der Waals surface area contributed by atoms with Crippen molar-refractivity contribution in [3.63, 3.8) is 0 Å². The highest BCUT2D eigenvalue weighted by Gasteiger charge is 2.37. The Kier molecular flexibility index (Phi) is 8.07. The SMILES string of the molecule is CCC(CC)(C(=O)O)c1cccc(-c2ccc(C(/C=C(\N)C(F)(F)F)=Nc3ccccc3Cl)s2)c1. The van der Waals surface area contributed by atoms with E-state index in [-0.39, 0.29) is 10.7 Å². The molecule has 0 aliphatic rings. The molecule has 184 valence electrons. The van der Waals surface area contributed by atoms with E-state index in [4.69, 9.17) is 17.3 Å². The number of rotatable bonds is 8. The average Bonchev–Trinajstić information content (AvgIpc) is 3.31. The monoisotopic (exact) mass is 520 g/mol. The molecule has 0 saturated carbocycles. The van der Waals surface area contributed by atoms with Crippen molar-refractivity contribution in [2.75, 3.05) is 0 Å². The number of para-hydroxylation sites is 1. The molecule has 0 amide bonds. The van der Waals surface area contributed by atoms with Crippen LogP contribution in [0.4, 0.5) is 18.9 Å². The molecule has 2 aromatic carbocycles. The lowest BCUT2D eigenvalue weighted by molar-refractivity contribution is -0.144. The van der Waals surface area contributed by atoms with Gasteiger partial charge in [-0.2, -0.15) is 13.2 Å². The maximum absolute atomic E-state index is 13.2. The molecule has 4 nitrogen and oxygen atoms in total. The van der Waals surface area contributed by atoms with Crippen molar-refractivity contribution in [3.8, 4) is 10.4 Å². The minimum atomic E-state index is -4.71. The third-order valence-electron chi connectivity index (χ3n) is 5.89. The van der Waals surface area contributed by atoms with Crippen LogP contribution >= 0.6 is 22.9 Å². The predicted molar refractivity (Wildman–Crippen MR) is 136 cm³/mol. The number of aliphatic carboxylic acids is 1. The van der Waals surface area contributed by atoms with Crippen LogP contribution in [0.15, 0.2) is 77.4 Å². The number of benzene rings is 2. The Morgan fingerprint density at radius 2 is 1.77 bits per heavy atom. The van der Waals surface area contributed by atoms with E-state index < -0.39 is 23.3 Å². The first kappa shape index (κ1) is 26.5. The highest BCUT2D eigenvalue weighted by molar-refractivity contribution is 7.17. The van der Waals surface area contributed by atoms with Crippen LogP contribution in [0, 0.1) is 0 Å². The number of carboxylic acid groups (broad SMARTS) is 1. The van der Waals surface area contributed by atoms with Gasteiger partial charge in [0, 0.05) is 4.88 Å². The summed E-state index contributed by atoms with van der Waals surface area (Å²) in [6.07, 6.45) is -3.07. The first-order valence-electron chi connectivity index (χ1n) is 10.8. The van der Waals surface area contributed by atoms with Crippen LogP contribution in [0.2, 0.25) is 5.02 Å². The number of aliphatic imine (C=N–C) groups is 1. The van der Waals surface area contributed by atoms with Gasteiger partial charge in [-0.3, -0.25) is 4.79 Å². The first-order chi connectivity index (χ1) is 16.5. The zero-order valence-electron chi connectivity index (χ0n) is 19.1. The van der Waals surface area contributed by atoms with Gasteiger partial charge in [0.05, 0.1) is 26.7 Å². The Bertz CT molecular complexity index is 1280. The number of nitrogens with zero attached hydrogens (tertiary/aromatic N) is 1. The number of carbonyl (C=O) groups is 1. The summed E-state index contributed by atoms with van der Waals surface area (Å²) in [5, 5.41) is 10.2. The van der Waals surface area contributed by atoms with Gasteiger partial charge >= 0.3 is 12.1 Å². The largest absolute Gasteiger partial charge is 0.481 e. The Morgan fingerprint density at radius 1 is 1.09 bits per heavy atom. The topological polar surface area (TPSA) is 75.7 Å². The van der Waals surface area contributed by atoms with Gasteiger partial charge in [0.15, 0.2) is 0 Å². The number of halogens is 4. The third kappa shape index (κ3) is 5.77. The van der Waals surface area contributed by atoms with E-state index >= 15 is 0 Å². The van der Waals surface area contributed by atoms with Crippen LogP contribution in [-0.4, -0.2) is 23.0 Å². The van der Waals surface area contributed by atoms with Gasteiger partial charge < -0.3 is 10.8 Å². The fourth-order valence-corrected chi connectivity index (χ4v) is 4.89. The molecule has 1 heterocycles. The Morgan fingerprint density at radius 3 is 2.37 bits per heavy atom. The molecule has 0 radical (unpaired) electrons. The van der Waals surface area contributed by atoms with Crippen molar-refractivity contribution in [2.24, 2.45) is 10.7 Å². The number of alkyl halides is 3. The van der Waals surface area contributed by atoms with Gasteiger partial charge in [-0.05, 0) is 60.4 Å². The third-order valence-corrected chi connectivity index (χ3v) is 7.36. The van der Waals surface area contributed by atoms with Crippen LogP contribution in [0.1, 0.15) is 37.1 Å². The highest BCUT2D eigenvalue weighted by atomic mass is 35.5. The smallest absolute Gasteiger partial charge is 0.430 e. The molecule has 0 saturated heterocycles. The van der Waals surface area contributed by atoms with E-state index in [1.54, 1.807) is 48.5 Å². The minimum absolute atomic E-state index is 0.0160. The van der Waals surface area contributed by atoms with Gasteiger partial charge in [0.2, 0.25) is 0 Å². The van der Waals surface area contributed by atoms with E-state index in [0.717, 1.165) is 16.5 Å². The predicted octanol–water partition coefficient (Wildman–Crippen LogP) is 7.74. The van der Waals surface area contributed by atoms with Crippen molar-refractivity contribution < 1.29 is 23.1 Å². The van der Waals surface area contributed by atoms with E-state index in [0.29, 0.717) is 29.0 Å². The summed E-state index contributed by atoms with van der Waals surface area (Å²) >= 11 is 7.40. The molecule has 1 aromatic heterocycles. The summed E-state index contributed by atoms with van der Waals surface area (Å²) in [6.45, 7) is 3.67. The standard InChI is InChI=1S/C26H24ClF3N2O2S/c1-3-25(4-2,24(33)34)17-9-7-8-16(14-17)21-12-13-22(35-21)20(15-23(31)26(28,29)30)32-19-11-6-5-10-18(19)27/h5-15H,3-4,31H2,1-2H3,(H,33,34)/b23-15-,32-20?. The lowest BCUT2D eigenvalue weighted by Gasteiger charge is -2.27. The molecule has 0 atom stereocenters. The molecular formula is C26H24ClF3N2O2S. The molecule has 0 aliphatic heterocycles. The van der Waals surface area contributed by atoms with Crippen molar-refractivity contribution in [1.82, 2.24) is 0 Å². The molecule has 3 N–H and O–H groups in total. The van der Waals surface area contributed by atoms with Crippen molar-refractivity contribution in [1.29, 1.82) is 0 Å². The molecule has 0 unspecified atom stereocenters. The fraction of sp³-hybridized carbons (Fsp3) is 0.231. The van der Waals surface area contributed by atoms with Gasteiger partial charge in [0.1, 0.15) is 5.70 Å². The molecule has 3 aromatic rings. The van der Waals surface area contributed by atoms with Crippen molar-refractivity contribution in [2.45, 2.75) is 38.3 Å². The Hall–Kier alpha value is -3.10. The Labute approximate surface area is 210 Å². The summed E-state index contributed by atoms with van der Waals surface area (Å²) < 4.78 is 39.5. The molecule has 0 fully saturated rings. The van der Waals surface area contributed by atoms with E-state index in [1.165, 1.54) is 11.3 Å². The second-order valence-electron chi connectivity index (χ2n) is 7.88. The van der Waals surface area contributed by atoms with Crippen molar-refractivity contribution in [3.05, 3.63) is 87.9 Å². The number of thiophene rings is 1. The van der Waals surface area contributed by atoms with Gasteiger partial charge in [0.25, 0.3) is 0 Å². The van der Waals surface area contributed by atoms with E-state index in [9.17, 15) is 23.1 Å². The quantitative estimate of drug-likeness (QED) is 0.298. The summed E-state index contributed by atoms with van der Waals surface area (Å²) in [5.74, 6) is -0.895. The van der Waals surface area contributed by atoms with Crippen LogP contribution in [0.5, 0.6) is 0 Å². The van der Waals surface area contributed by atoms with Crippen LogP contribution in [0.3, 0.4) is 0 Å². The summed E-state index contributed by atoms with van der Waals surface area (Å²) in [4.78, 5) is 17.6. The number of hydrogen-bond acceptors (Lipinski definition) is 4. The second-order valence-corrected chi connectivity index (χ2v) is 9.38. The first-order valence-corrected chi connectivity index (χ1v) is 12.0. The van der Waals surface area contributed by atoms with Gasteiger partial charge in [-0.1, -0.05) is 55.8 Å². The van der Waals surface area contributed by atoms with E-state index in [1.807, 2.05) is 26.0 Å². The average molecular weight is 521 g/mol. The molecule has 9 heteroatoms. The van der Waals surface area contributed by atoms with Crippen molar-refractivity contribution >= 4 is 40.3 Å². The lowest BCUT2D eigenvalue weighted by atomic mass is 9.75. The van der Waals surface area contributed by atoms with Crippen LogP contribution < -0.4 is 5.73 Å². The van der Waals surface area contributed by atoms with E-state index in [2.05, 4.69) is 4.99 Å². The zero-order chi connectivity index (χ0) is 25.8. The molecular weight excluding hydrogens is 497 g/mol. The molecule has 0 bridgehead atoms. The number of nitrogens with two attached hydrogens (primary N) is 1.